The quantitative estimate of drug-likeness (QED) is 0.695. The van der Waals surface area contributed by atoms with Gasteiger partial charge in [-0.15, -0.1) is 0 Å². The number of nitrogens with two attached hydrogens (primary N) is 1. The Morgan fingerprint density at radius 2 is 2.50 bits per heavy atom. The van der Waals surface area contributed by atoms with Gasteiger partial charge in [0.15, 0.2) is 5.78 Å². The van der Waals surface area contributed by atoms with Crippen LogP contribution < -0.4 is 11.1 Å². The highest BCUT2D eigenvalue weighted by atomic mass is 16.5. The minimum Gasteiger partial charge on any atom is -0.383 e. The smallest absolute Gasteiger partial charge is 0.196 e. The molecule has 16 heavy (non-hydrogen) atoms. The number of hydrogen-bond donors (Lipinski definition) is 2. The second kappa shape index (κ2) is 4.59. The summed E-state index contributed by atoms with van der Waals surface area (Å²) in [6.45, 7) is 3.75. The molecule has 1 fully saturated rings. The highest BCUT2D eigenvalue weighted by Crippen LogP contribution is 2.14. The van der Waals surface area contributed by atoms with Crippen molar-refractivity contribution in [2.75, 3.05) is 25.4 Å². The van der Waals surface area contributed by atoms with Crippen molar-refractivity contribution < 1.29 is 9.53 Å². The summed E-state index contributed by atoms with van der Waals surface area (Å²) in [6, 6.07) is 1.75. The SMILES string of the molecule is Cc1cnc(N)c(C(=O)C2CNCCO2)c1. The van der Waals surface area contributed by atoms with Gasteiger partial charge in [0.05, 0.1) is 12.2 Å². The number of rotatable bonds is 2. The first-order valence-corrected chi connectivity index (χ1v) is 5.27. The molecular formula is C11H15N3O2. The first-order valence-electron chi connectivity index (χ1n) is 5.27. The van der Waals surface area contributed by atoms with Gasteiger partial charge in [0.1, 0.15) is 11.9 Å². The van der Waals surface area contributed by atoms with Crippen molar-refractivity contribution in [2.45, 2.75) is 13.0 Å². The second-order valence-corrected chi connectivity index (χ2v) is 3.87. The number of carbonyl (C=O) groups is 1. The fourth-order valence-corrected chi connectivity index (χ4v) is 1.68. The lowest BCUT2D eigenvalue weighted by Crippen LogP contribution is -2.43. The third-order valence-corrected chi connectivity index (χ3v) is 2.54. The van der Waals surface area contributed by atoms with Crippen LogP contribution in [0.25, 0.3) is 0 Å². The number of morpholine rings is 1. The Morgan fingerprint density at radius 3 is 3.19 bits per heavy atom. The number of carbonyl (C=O) groups excluding carboxylic acids is 1. The Hall–Kier alpha value is -1.46. The summed E-state index contributed by atoms with van der Waals surface area (Å²) in [5, 5.41) is 3.11. The average Bonchev–Trinajstić information content (AvgIpc) is 2.32. The van der Waals surface area contributed by atoms with Gasteiger partial charge in [0, 0.05) is 19.3 Å². The molecule has 1 aliphatic rings. The van der Waals surface area contributed by atoms with Gasteiger partial charge in [-0.05, 0) is 18.6 Å². The molecule has 5 heteroatoms. The van der Waals surface area contributed by atoms with E-state index in [9.17, 15) is 4.79 Å². The lowest BCUT2D eigenvalue weighted by atomic mass is 10.0. The lowest BCUT2D eigenvalue weighted by Gasteiger charge is -2.22. The van der Waals surface area contributed by atoms with Crippen LogP contribution in [0, 0.1) is 6.92 Å². The predicted octanol–water partition coefficient (Wildman–Crippen LogP) is 0.143. The molecule has 2 heterocycles. The van der Waals surface area contributed by atoms with Gasteiger partial charge in [-0.25, -0.2) is 4.98 Å². The first-order chi connectivity index (χ1) is 7.68. The molecule has 0 bridgehead atoms. The number of nitrogens with zero attached hydrogens (tertiary/aromatic N) is 1. The average molecular weight is 221 g/mol. The van der Waals surface area contributed by atoms with Gasteiger partial charge >= 0.3 is 0 Å². The number of Topliss-reactive ketones (excluding diaryl/α,β-unsaturated/α-hetero) is 1. The van der Waals surface area contributed by atoms with Crippen LogP contribution >= 0.6 is 0 Å². The topological polar surface area (TPSA) is 77.2 Å². The van der Waals surface area contributed by atoms with Crippen molar-refractivity contribution in [1.29, 1.82) is 0 Å². The largest absolute Gasteiger partial charge is 0.383 e. The van der Waals surface area contributed by atoms with Crippen LogP contribution in [-0.4, -0.2) is 36.6 Å². The van der Waals surface area contributed by atoms with E-state index in [2.05, 4.69) is 10.3 Å². The van der Waals surface area contributed by atoms with E-state index in [0.29, 0.717) is 18.7 Å². The molecule has 86 valence electrons. The van der Waals surface area contributed by atoms with Gasteiger partial charge in [-0.3, -0.25) is 4.79 Å². The van der Waals surface area contributed by atoms with Gasteiger partial charge < -0.3 is 15.8 Å². The maximum Gasteiger partial charge on any atom is 0.196 e. The summed E-state index contributed by atoms with van der Waals surface area (Å²) in [5.41, 5.74) is 7.06. The summed E-state index contributed by atoms with van der Waals surface area (Å²) in [4.78, 5) is 16.1. The van der Waals surface area contributed by atoms with E-state index in [1.54, 1.807) is 12.3 Å². The van der Waals surface area contributed by atoms with Gasteiger partial charge in [0.25, 0.3) is 0 Å². The molecule has 0 amide bonds. The number of nitrogen functional groups attached to an aromatic ring is 1. The molecule has 5 nitrogen and oxygen atoms in total. The molecule has 2 rings (SSSR count). The van der Waals surface area contributed by atoms with Crippen LogP contribution in [0.3, 0.4) is 0 Å². The molecule has 0 saturated carbocycles. The molecule has 0 radical (unpaired) electrons. The molecule has 1 aliphatic heterocycles. The second-order valence-electron chi connectivity index (χ2n) is 3.87. The van der Waals surface area contributed by atoms with Gasteiger partial charge in [-0.1, -0.05) is 0 Å². The zero-order valence-electron chi connectivity index (χ0n) is 9.19. The lowest BCUT2D eigenvalue weighted by molar-refractivity contribution is 0.0270. The number of anilines is 1. The summed E-state index contributed by atoms with van der Waals surface area (Å²) >= 11 is 0. The molecule has 0 aromatic carbocycles. The Bertz CT molecular complexity index is 400. The Balaban J connectivity index is 2.22. The minimum atomic E-state index is -0.445. The third-order valence-electron chi connectivity index (χ3n) is 2.54. The monoisotopic (exact) mass is 221 g/mol. The van der Waals surface area contributed by atoms with Crippen molar-refractivity contribution in [2.24, 2.45) is 0 Å². The number of ether oxygens (including phenoxy) is 1. The zero-order valence-corrected chi connectivity index (χ0v) is 9.19. The Labute approximate surface area is 94.0 Å². The van der Waals surface area contributed by atoms with Crippen LogP contribution in [-0.2, 0) is 4.74 Å². The Kier molecular flexibility index (Phi) is 3.17. The van der Waals surface area contributed by atoms with E-state index < -0.39 is 6.10 Å². The van der Waals surface area contributed by atoms with Crippen molar-refractivity contribution in [3.05, 3.63) is 23.4 Å². The van der Waals surface area contributed by atoms with Crippen LogP contribution in [0.5, 0.6) is 0 Å². The maximum atomic E-state index is 12.1. The van der Waals surface area contributed by atoms with E-state index in [-0.39, 0.29) is 11.6 Å². The van der Waals surface area contributed by atoms with Crippen molar-refractivity contribution >= 4 is 11.6 Å². The summed E-state index contributed by atoms with van der Waals surface area (Å²) in [6.07, 6.45) is 1.20. The molecule has 0 aliphatic carbocycles. The van der Waals surface area contributed by atoms with Gasteiger partial charge in [0.2, 0.25) is 0 Å². The van der Waals surface area contributed by atoms with E-state index >= 15 is 0 Å². The highest BCUT2D eigenvalue weighted by molar-refractivity contribution is 6.03. The van der Waals surface area contributed by atoms with E-state index in [0.717, 1.165) is 12.1 Å². The molecule has 1 atom stereocenters. The highest BCUT2D eigenvalue weighted by Gasteiger charge is 2.25. The van der Waals surface area contributed by atoms with E-state index in [4.69, 9.17) is 10.5 Å². The Morgan fingerprint density at radius 1 is 1.69 bits per heavy atom. The standard InChI is InChI=1S/C11H15N3O2/c1-7-4-8(11(12)14-5-7)10(15)9-6-13-2-3-16-9/h4-5,9,13H,2-3,6H2,1H3,(H2,12,14). The van der Waals surface area contributed by atoms with Crippen molar-refractivity contribution in [1.82, 2.24) is 10.3 Å². The van der Waals surface area contributed by atoms with Crippen LogP contribution in [0.1, 0.15) is 15.9 Å². The molecule has 1 aromatic rings. The molecule has 3 N–H and O–H groups in total. The van der Waals surface area contributed by atoms with Crippen molar-refractivity contribution in [3.8, 4) is 0 Å². The summed E-state index contributed by atoms with van der Waals surface area (Å²) < 4.78 is 5.39. The normalized spacial score (nSPS) is 20.7. The van der Waals surface area contributed by atoms with E-state index in [1.807, 2.05) is 6.92 Å². The molecule has 0 spiro atoms. The first kappa shape index (κ1) is 11.0. The molecule has 1 aromatic heterocycles. The van der Waals surface area contributed by atoms with Crippen LogP contribution in [0.2, 0.25) is 0 Å². The minimum absolute atomic E-state index is 0.0964. The van der Waals surface area contributed by atoms with E-state index in [1.165, 1.54) is 0 Å². The molecular weight excluding hydrogens is 206 g/mol. The van der Waals surface area contributed by atoms with Crippen molar-refractivity contribution in [3.63, 3.8) is 0 Å². The fraction of sp³-hybridized carbons (Fsp3) is 0.455. The van der Waals surface area contributed by atoms with Crippen LogP contribution in [0.15, 0.2) is 12.3 Å². The number of nitrogens with one attached hydrogen (secondary N) is 1. The number of hydrogen-bond acceptors (Lipinski definition) is 5. The van der Waals surface area contributed by atoms with Gasteiger partial charge in [-0.2, -0.15) is 0 Å². The summed E-state index contributed by atoms with van der Waals surface area (Å²) in [7, 11) is 0. The number of aryl methyl sites for hydroxylation is 1. The number of ketones is 1. The third kappa shape index (κ3) is 2.20. The number of pyridine rings is 1. The fourth-order valence-electron chi connectivity index (χ4n) is 1.68. The molecule has 1 unspecified atom stereocenters. The zero-order chi connectivity index (χ0) is 11.5. The summed E-state index contributed by atoms with van der Waals surface area (Å²) in [5.74, 6) is 0.172. The maximum absolute atomic E-state index is 12.1. The predicted molar refractivity (Wildman–Crippen MR) is 60.3 cm³/mol. The molecule has 1 saturated heterocycles. The number of aromatic nitrogens is 1. The van der Waals surface area contributed by atoms with Crippen LogP contribution in [0.4, 0.5) is 5.82 Å².